The number of fused-ring (bicyclic) bond motifs is 2. The van der Waals surface area contributed by atoms with Crippen molar-refractivity contribution < 1.29 is 24.1 Å². The molecule has 1 unspecified atom stereocenters. The van der Waals surface area contributed by atoms with Crippen LogP contribution < -0.4 is 15.2 Å². The van der Waals surface area contributed by atoms with Crippen molar-refractivity contribution in [2.75, 3.05) is 19.1 Å². The number of esters is 1. The zero-order chi connectivity index (χ0) is 19.2. The zero-order valence-corrected chi connectivity index (χ0v) is 15.5. The number of thiophene rings is 1. The van der Waals surface area contributed by atoms with Gasteiger partial charge in [0.1, 0.15) is 15.3 Å². The zero-order valence-electron chi connectivity index (χ0n) is 14.7. The van der Waals surface area contributed by atoms with Crippen molar-refractivity contribution >= 4 is 33.5 Å². The number of hydrogen-bond acceptors (Lipinski definition) is 9. The fraction of sp³-hybridized carbons (Fsp3) is 0.278. The Hall–Kier alpha value is -2.91. The Balaban J connectivity index is 1.85. The molecule has 3 N–H and O–H groups in total. The minimum absolute atomic E-state index is 0.00998. The molecule has 1 aliphatic rings. The van der Waals surface area contributed by atoms with Crippen LogP contribution in [0.5, 0.6) is 11.5 Å². The molecule has 0 amide bonds. The SMILES string of the molecule is CCOC(=O)c1cc2c(C(C)(O)c3ccc4c(c3)OCO4)nc(N)nc2s1. The number of carbonyl (C=O) groups excluding carboxylic acids is 1. The van der Waals surface area contributed by atoms with E-state index in [1.54, 1.807) is 38.1 Å². The van der Waals surface area contributed by atoms with Gasteiger partial charge in [0.05, 0.1) is 12.3 Å². The third-order valence-corrected chi connectivity index (χ3v) is 5.29. The first-order valence-corrected chi connectivity index (χ1v) is 9.09. The standard InChI is InChI=1S/C18H17N3O5S/c1-3-24-16(22)13-7-10-14(20-17(19)21-15(10)27-13)18(2,23)9-4-5-11-12(6-9)26-8-25-11/h4-7,23H,3,8H2,1-2H3,(H2,19,20,21). The summed E-state index contributed by atoms with van der Waals surface area (Å²) in [6, 6.07) is 6.78. The number of aromatic nitrogens is 2. The molecular formula is C18H17N3O5S. The van der Waals surface area contributed by atoms with Gasteiger partial charge in [-0.05, 0) is 37.6 Å². The van der Waals surface area contributed by atoms with Crippen LogP contribution in [0.15, 0.2) is 24.3 Å². The van der Waals surface area contributed by atoms with Gasteiger partial charge < -0.3 is 25.1 Å². The quantitative estimate of drug-likeness (QED) is 0.656. The number of hydrogen-bond donors (Lipinski definition) is 2. The average Bonchev–Trinajstić information content (AvgIpc) is 3.26. The smallest absolute Gasteiger partial charge is 0.348 e. The van der Waals surface area contributed by atoms with Gasteiger partial charge in [-0.1, -0.05) is 6.07 Å². The number of nitrogens with two attached hydrogens (primary N) is 1. The molecule has 0 saturated heterocycles. The molecule has 0 spiro atoms. The summed E-state index contributed by atoms with van der Waals surface area (Å²) in [5.74, 6) is 0.717. The van der Waals surface area contributed by atoms with E-state index in [0.29, 0.717) is 37.9 Å². The van der Waals surface area contributed by atoms with Crippen molar-refractivity contribution in [3.05, 3.63) is 40.4 Å². The first-order chi connectivity index (χ1) is 12.9. The van der Waals surface area contributed by atoms with E-state index in [2.05, 4.69) is 9.97 Å². The molecule has 1 atom stereocenters. The molecule has 0 saturated carbocycles. The van der Waals surface area contributed by atoms with Crippen molar-refractivity contribution in [1.82, 2.24) is 9.97 Å². The van der Waals surface area contributed by atoms with E-state index in [4.69, 9.17) is 19.9 Å². The minimum Gasteiger partial charge on any atom is -0.462 e. The molecule has 9 heteroatoms. The summed E-state index contributed by atoms with van der Waals surface area (Å²) < 4.78 is 15.8. The maximum Gasteiger partial charge on any atom is 0.348 e. The second-order valence-electron chi connectivity index (χ2n) is 6.12. The number of carbonyl (C=O) groups is 1. The van der Waals surface area contributed by atoms with Crippen molar-refractivity contribution in [3.63, 3.8) is 0 Å². The molecule has 0 aliphatic carbocycles. The van der Waals surface area contributed by atoms with Gasteiger partial charge in [-0.15, -0.1) is 11.3 Å². The summed E-state index contributed by atoms with van der Waals surface area (Å²) >= 11 is 1.14. The van der Waals surface area contributed by atoms with E-state index in [0.717, 1.165) is 11.3 Å². The van der Waals surface area contributed by atoms with Crippen LogP contribution in [0.3, 0.4) is 0 Å². The molecular weight excluding hydrogens is 370 g/mol. The number of anilines is 1. The predicted molar refractivity (Wildman–Crippen MR) is 99.0 cm³/mol. The van der Waals surface area contributed by atoms with Crippen LogP contribution in [0.4, 0.5) is 5.95 Å². The van der Waals surface area contributed by atoms with Crippen molar-refractivity contribution in [2.24, 2.45) is 0 Å². The fourth-order valence-electron chi connectivity index (χ4n) is 2.95. The lowest BCUT2D eigenvalue weighted by Gasteiger charge is -2.24. The molecule has 27 heavy (non-hydrogen) atoms. The molecule has 2 aromatic heterocycles. The van der Waals surface area contributed by atoms with Gasteiger partial charge in [0.15, 0.2) is 11.5 Å². The molecule has 1 aliphatic heterocycles. The lowest BCUT2D eigenvalue weighted by atomic mass is 9.90. The van der Waals surface area contributed by atoms with Crippen LogP contribution >= 0.6 is 11.3 Å². The summed E-state index contributed by atoms with van der Waals surface area (Å²) in [5.41, 5.74) is 5.20. The third-order valence-electron chi connectivity index (χ3n) is 4.28. The second kappa shape index (κ2) is 6.36. The van der Waals surface area contributed by atoms with Crippen molar-refractivity contribution in [3.8, 4) is 11.5 Å². The third kappa shape index (κ3) is 2.94. The van der Waals surface area contributed by atoms with E-state index in [1.807, 2.05) is 0 Å². The lowest BCUT2D eigenvalue weighted by Crippen LogP contribution is -2.25. The number of aliphatic hydroxyl groups is 1. The maximum atomic E-state index is 12.1. The van der Waals surface area contributed by atoms with Crippen molar-refractivity contribution in [2.45, 2.75) is 19.4 Å². The van der Waals surface area contributed by atoms with Crippen LogP contribution in [0, 0.1) is 0 Å². The monoisotopic (exact) mass is 387 g/mol. The van der Waals surface area contributed by atoms with E-state index >= 15 is 0 Å². The Bertz CT molecular complexity index is 1050. The lowest BCUT2D eigenvalue weighted by molar-refractivity contribution is 0.0532. The summed E-state index contributed by atoms with van der Waals surface area (Å²) in [6.45, 7) is 3.74. The summed E-state index contributed by atoms with van der Waals surface area (Å²) in [6.07, 6.45) is 0. The molecule has 3 aromatic rings. The number of benzene rings is 1. The molecule has 8 nitrogen and oxygen atoms in total. The molecule has 0 radical (unpaired) electrons. The van der Waals surface area contributed by atoms with E-state index < -0.39 is 11.6 Å². The van der Waals surface area contributed by atoms with Crippen LogP contribution in [-0.2, 0) is 10.3 Å². The normalized spacial score (nSPS) is 14.9. The van der Waals surface area contributed by atoms with Crippen molar-refractivity contribution in [1.29, 1.82) is 0 Å². The Labute approximate surface area is 158 Å². The number of nitrogen functional groups attached to an aromatic ring is 1. The fourth-order valence-corrected chi connectivity index (χ4v) is 3.88. The summed E-state index contributed by atoms with van der Waals surface area (Å²) in [7, 11) is 0. The average molecular weight is 387 g/mol. The number of rotatable bonds is 4. The highest BCUT2D eigenvalue weighted by atomic mass is 32.1. The summed E-state index contributed by atoms with van der Waals surface area (Å²) in [4.78, 5) is 21.4. The Kier molecular flexibility index (Phi) is 4.12. The Morgan fingerprint density at radius 1 is 1.33 bits per heavy atom. The topological polar surface area (TPSA) is 117 Å². The molecule has 4 rings (SSSR count). The molecule has 0 fully saturated rings. The Morgan fingerprint density at radius 2 is 2.11 bits per heavy atom. The van der Waals surface area contributed by atoms with Gasteiger partial charge in [-0.25, -0.2) is 14.8 Å². The van der Waals surface area contributed by atoms with E-state index in [9.17, 15) is 9.90 Å². The molecule has 1 aromatic carbocycles. The van der Waals surface area contributed by atoms with Gasteiger partial charge in [-0.2, -0.15) is 0 Å². The van der Waals surface area contributed by atoms with Crippen LogP contribution in [-0.4, -0.2) is 34.4 Å². The van der Waals surface area contributed by atoms with Crippen LogP contribution in [0.2, 0.25) is 0 Å². The second-order valence-corrected chi connectivity index (χ2v) is 7.15. The number of ether oxygens (including phenoxy) is 3. The highest BCUT2D eigenvalue weighted by molar-refractivity contribution is 7.20. The van der Waals surface area contributed by atoms with E-state index in [1.165, 1.54) is 0 Å². The first-order valence-electron chi connectivity index (χ1n) is 8.27. The first kappa shape index (κ1) is 17.5. The summed E-state index contributed by atoms with van der Waals surface area (Å²) in [5, 5.41) is 11.8. The van der Waals surface area contributed by atoms with Crippen LogP contribution in [0.1, 0.15) is 34.8 Å². The highest BCUT2D eigenvalue weighted by Crippen LogP contribution is 2.40. The van der Waals surface area contributed by atoms with Gasteiger partial charge in [-0.3, -0.25) is 0 Å². The predicted octanol–water partition coefficient (Wildman–Crippen LogP) is 2.43. The van der Waals surface area contributed by atoms with Gasteiger partial charge >= 0.3 is 5.97 Å². The van der Waals surface area contributed by atoms with Crippen LogP contribution in [0.25, 0.3) is 10.2 Å². The maximum absolute atomic E-state index is 12.1. The highest BCUT2D eigenvalue weighted by Gasteiger charge is 2.33. The van der Waals surface area contributed by atoms with E-state index in [-0.39, 0.29) is 19.3 Å². The molecule has 140 valence electrons. The molecule has 0 bridgehead atoms. The molecule has 3 heterocycles. The minimum atomic E-state index is -1.50. The van der Waals surface area contributed by atoms with Gasteiger partial charge in [0.2, 0.25) is 12.7 Å². The Morgan fingerprint density at radius 3 is 2.89 bits per heavy atom. The van der Waals surface area contributed by atoms with Gasteiger partial charge in [0.25, 0.3) is 0 Å². The largest absolute Gasteiger partial charge is 0.462 e. The van der Waals surface area contributed by atoms with Gasteiger partial charge in [0, 0.05) is 5.39 Å². The number of nitrogens with zero attached hydrogens (tertiary/aromatic N) is 2.